The lowest BCUT2D eigenvalue weighted by Crippen LogP contribution is -2.70. The maximum absolute atomic E-state index is 13.2. The Morgan fingerprint density at radius 3 is 2.53 bits per heavy atom. The summed E-state index contributed by atoms with van der Waals surface area (Å²) in [4.78, 5) is 42.5. The number of likely N-dealkylation sites (N-methyl/N-ethyl adjacent to an activating group) is 2. The van der Waals surface area contributed by atoms with Gasteiger partial charge >= 0.3 is 0 Å². The van der Waals surface area contributed by atoms with Crippen LogP contribution in [0.1, 0.15) is 11.1 Å². The molecule has 0 bridgehead atoms. The Kier molecular flexibility index (Phi) is 5.09. The van der Waals surface area contributed by atoms with Gasteiger partial charge in [-0.1, -0.05) is 24.3 Å². The highest BCUT2D eigenvalue weighted by molar-refractivity contribution is 5.99. The molecule has 2 unspecified atom stereocenters. The Morgan fingerprint density at radius 1 is 1.12 bits per heavy atom. The monoisotopic (exact) mass is 438 g/mol. The summed E-state index contributed by atoms with van der Waals surface area (Å²) < 4.78 is 0. The molecule has 0 radical (unpaired) electrons. The Morgan fingerprint density at radius 2 is 1.84 bits per heavy atom. The molecule has 32 heavy (non-hydrogen) atoms. The smallest absolute Gasteiger partial charge is 0.279 e. The van der Waals surface area contributed by atoms with Crippen molar-refractivity contribution in [3.05, 3.63) is 69.9 Å². The molecule has 1 saturated heterocycles. The number of piperazine rings is 1. The standard InChI is InChI=1S/C22H22N4O6/c1-24-17(10-14-12-23-15-7-5-8-16(19(14)15)26(31)32)20(28)25(2)22(30,21(24)29)11-13-6-3-4-9-18(13)27/h3-9,12,17,23,27,30H,10-11H2,1-2H3. The third-order valence-electron chi connectivity index (χ3n) is 6.10. The van der Waals surface area contributed by atoms with E-state index in [1.54, 1.807) is 36.5 Å². The second-order valence-electron chi connectivity index (χ2n) is 7.93. The summed E-state index contributed by atoms with van der Waals surface area (Å²) in [7, 11) is 2.74. The molecule has 10 nitrogen and oxygen atoms in total. The predicted molar refractivity (Wildman–Crippen MR) is 115 cm³/mol. The average Bonchev–Trinajstić information content (AvgIpc) is 3.19. The molecule has 4 rings (SSSR count). The number of aromatic hydroxyl groups is 1. The van der Waals surface area contributed by atoms with Gasteiger partial charge in [-0.05, 0) is 23.3 Å². The minimum Gasteiger partial charge on any atom is -0.508 e. The molecule has 0 aliphatic carbocycles. The number of carbonyl (C=O) groups excluding carboxylic acids is 2. The first-order valence-electron chi connectivity index (χ1n) is 9.92. The van der Waals surface area contributed by atoms with Gasteiger partial charge in [-0.15, -0.1) is 0 Å². The van der Waals surface area contributed by atoms with Crippen molar-refractivity contribution in [2.45, 2.75) is 24.6 Å². The SMILES string of the molecule is CN1C(=O)C(O)(Cc2ccccc2O)N(C)C(=O)C1Cc1c[nH]c2cccc([N+](=O)[O-])c12. The van der Waals surface area contributed by atoms with Gasteiger partial charge in [0.25, 0.3) is 11.6 Å². The number of aromatic nitrogens is 1. The van der Waals surface area contributed by atoms with Crippen molar-refractivity contribution in [2.75, 3.05) is 14.1 Å². The molecular weight excluding hydrogens is 416 g/mol. The van der Waals surface area contributed by atoms with Crippen LogP contribution in [0.5, 0.6) is 5.75 Å². The molecule has 0 saturated carbocycles. The number of amides is 2. The van der Waals surface area contributed by atoms with Crippen molar-refractivity contribution >= 4 is 28.4 Å². The lowest BCUT2D eigenvalue weighted by molar-refractivity contribution is -0.383. The Labute approximate surface area is 182 Å². The molecule has 2 atom stereocenters. The zero-order valence-corrected chi connectivity index (χ0v) is 17.5. The molecule has 1 fully saturated rings. The van der Waals surface area contributed by atoms with Crippen molar-refractivity contribution in [1.82, 2.24) is 14.8 Å². The highest BCUT2D eigenvalue weighted by atomic mass is 16.6. The largest absolute Gasteiger partial charge is 0.508 e. The van der Waals surface area contributed by atoms with Gasteiger partial charge in [-0.3, -0.25) is 19.7 Å². The van der Waals surface area contributed by atoms with E-state index in [0.717, 1.165) is 9.80 Å². The van der Waals surface area contributed by atoms with Gasteiger partial charge in [0.1, 0.15) is 11.8 Å². The van der Waals surface area contributed by atoms with E-state index >= 15 is 0 Å². The second-order valence-corrected chi connectivity index (χ2v) is 7.93. The van der Waals surface area contributed by atoms with Gasteiger partial charge in [-0.2, -0.15) is 0 Å². The van der Waals surface area contributed by atoms with Crippen LogP contribution >= 0.6 is 0 Å². The molecule has 166 valence electrons. The maximum atomic E-state index is 13.2. The number of aromatic amines is 1. The summed E-state index contributed by atoms with van der Waals surface area (Å²) in [5, 5.41) is 33.1. The van der Waals surface area contributed by atoms with Crippen LogP contribution in [-0.2, 0) is 22.4 Å². The van der Waals surface area contributed by atoms with Crippen LogP contribution in [0.25, 0.3) is 10.9 Å². The zero-order valence-electron chi connectivity index (χ0n) is 17.5. The fraction of sp³-hybridized carbons (Fsp3) is 0.273. The fourth-order valence-corrected chi connectivity index (χ4v) is 4.24. The van der Waals surface area contributed by atoms with Crippen LogP contribution in [-0.4, -0.2) is 67.6 Å². The van der Waals surface area contributed by atoms with Crippen LogP contribution < -0.4 is 0 Å². The number of nitrogens with zero attached hydrogens (tertiary/aromatic N) is 3. The second kappa shape index (κ2) is 7.65. The number of H-pyrrole nitrogens is 1. The minimum absolute atomic E-state index is 0.0307. The topological polar surface area (TPSA) is 140 Å². The summed E-state index contributed by atoms with van der Waals surface area (Å²) in [6.45, 7) is 0. The number of fused-ring (bicyclic) bond motifs is 1. The number of aliphatic hydroxyl groups is 1. The normalized spacial score (nSPS) is 21.4. The lowest BCUT2D eigenvalue weighted by atomic mass is 9.92. The van der Waals surface area contributed by atoms with Crippen molar-refractivity contribution < 1.29 is 24.7 Å². The van der Waals surface area contributed by atoms with Gasteiger partial charge in [0.2, 0.25) is 11.6 Å². The molecule has 0 spiro atoms. The quantitative estimate of drug-likeness (QED) is 0.408. The lowest BCUT2D eigenvalue weighted by Gasteiger charge is -2.47. The van der Waals surface area contributed by atoms with Crippen LogP contribution in [0.3, 0.4) is 0 Å². The third-order valence-corrected chi connectivity index (χ3v) is 6.10. The van der Waals surface area contributed by atoms with Gasteiger partial charge in [0, 0.05) is 39.2 Å². The summed E-state index contributed by atoms with van der Waals surface area (Å²) in [5.41, 5.74) is -0.879. The fourth-order valence-electron chi connectivity index (χ4n) is 4.24. The summed E-state index contributed by atoms with van der Waals surface area (Å²) in [6, 6.07) is 9.95. The van der Waals surface area contributed by atoms with E-state index in [-0.39, 0.29) is 24.3 Å². The van der Waals surface area contributed by atoms with Crippen molar-refractivity contribution in [2.24, 2.45) is 0 Å². The van der Waals surface area contributed by atoms with Crippen LogP contribution in [0.4, 0.5) is 5.69 Å². The first-order valence-corrected chi connectivity index (χ1v) is 9.92. The van der Waals surface area contributed by atoms with E-state index in [0.29, 0.717) is 22.0 Å². The number of non-ortho nitro benzene ring substituents is 1. The van der Waals surface area contributed by atoms with Crippen LogP contribution in [0.15, 0.2) is 48.7 Å². The van der Waals surface area contributed by atoms with E-state index < -0.39 is 28.5 Å². The van der Waals surface area contributed by atoms with Crippen molar-refractivity contribution in [1.29, 1.82) is 0 Å². The Bertz CT molecular complexity index is 1240. The molecule has 1 aromatic heterocycles. The number of carbonyl (C=O) groups is 2. The van der Waals surface area contributed by atoms with E-state index in [2.05, 4.69) is 4.98 Å². The van der Waals surface area contributed by atoms with Crippen LogP contribution in [0, 0.1) is 10.1 Å². The number of phenols is 1. The molecule has 3 N–H and O–H groups in total. The summed E-state index contributed by atoms with van der Waals surface area (Å²) >= 11 is 0. The molecular formula is C22H22N4O6. The molecule has 3 aromatic rings. The maximum Gasteiger partial charge on any atom is 0.279 e. The van der Waals surface area contributed by atoms with Crippen molar-refractivity contribution in [3.63, 3.8) is 0 Å². The van der Waals surface area contributed by atoms with E-state index in [1.807, 2.05) is 0 Å². The van der Waals surface area contributed by atoms with E-state index in [4.69, 9.17) is 0 Å². The van der Waals surface area contributed by atoms with Gasteiger partial charge < -0.3 is 25.0 Å². The number of nitrogens with one attached hydrogen (secondary N) is 1. The zero-order chi connectivity index (χ0) is 23.2. The number of hydrogen-bond acceptors (Lipinski definition) is 6. The average molecular weight is 438 g/mol. The molecule has 1 aliphatic heterocycles. The third kappa shape index (κ3) is 3.25. The van der Waals surface area contributed by atoms with Crippen molar-refractivity contribution in [3.8, 4) is 5.75 Å². The summed E-state index contributed by atoms with van der Waals surface area (Å²) in [6.07, 6.45) is 1.34. The molecule has 2 amide bonds. The first kappa shape index (κ1) is 21.3. The van der Waals surface area contributed by atoms with Gasteiger partial charge in [0.05, 0.1) is 15.8 Å². The number of benzene rings is 2. The Hall–Kier alpha value is -3.92. The van der Waals surface area contributed by atoms with Gasteiger partial charge in [-0.25, -0.2) is 0 Å². The highest BCUT2D eigenvalue weighted by Gasteiger charge is 2.53. The van der Waals surface area contributed by atoms with E-state index in [1.165, 1.54) is 26.2 Å². The van der Waals surface area contributed by atoms with Crippen LogP contribution in [0.2, 0.25) is 0 Å². The minimum atomic E-state index is -2.17. The number of nitro benzene ring substituents is 1. The molecule has 1 aliphatic rings. The number of para-hydroxylation sites is 1. The number of rotatable bonds is 5. The Balaban J connectivity index is 1.67. The first-order chi connectivity index (χ1) is 15.1. The number of hydrogen-bond donors (Lipinski definition) is 3. The number of nitro groups is 1. The molecule has 2 aromatic carbocycles. The predicted octanol–water partition coefficient (Wildman–Crippen LogP) is 1.55. The highest BCUT2D eigenvalue weighted by Crippen LogP contribution is 2.33. The van der Waals surface area contributed by atoms with Gasteiger partial charge in [0.15, 0.2) is 0 Å². The van der Waals surface area contributed by atoms with E-state index in [9.17, 15) is 29.9 Å². The molecule has 2 heterocycles. The molecule has 10 heteroatoms. The summed E-state index contributed by atoms with van der Waals surface area (Å²) in [5.74, 6) is -1.31. The number of phenolic OH excluding ortho intramolecular Hbond substituents is 1.